The Hall–Kier alpha value is -2.63. The zero-order valence-electron chi connectivity index (χ0n) is 13.1. The number of furan rings is 1. The number of nitrogens with one attached hydrogen (secondary N) is 2. The minimum absolute atomic E-state index is 0.0282. The Morgan fingerprint density at radius 3 is 2.30 bits per heavy atom. The molecule has 0 aliphatic heterocycles. The first-order chi connectivity index (χ1) is 10.9. The average molecular weight is 318 g/mol. The van der Waals surface area contributed by atoms with Gasteiger partial charge in [0.15, 0.2) is 0 Å². The molecule has 6 heteroatoms. The first-order valence-corrected chi connectivity index (χ1v) is 7.23. The fourth-order valence-corrected chi connectivity index (χ4v) is 1.94. The van der Waals surface area contributed by atoms with Crippen molar-refractivity contribution in [2.24, 2.45) is 5.41 Å². The summed E-state index contributed by atoms with van der Waals surface area (Å²) in [5.74, 6) is -0.702. The lowest BCUT2D eigenvalue weighted by atomic mass is 9.91. The number of amides is 2. The first kappa shape index (κ1) is 16.7. The molecule has 2 N–H and O–H groups in total. The standard InChI is InChI=1S/C17H19FN2O3/c1-17(2,16(22)20-11-13-7-5-9-23-13)15(21)19-10-12-6-3-4-8-14(12)18/h3-9H,10-11H2,1-2H3,(H,19,21)(H,20,22). The minimum atomic E-state index is -1.28. The van der Waals surface area contributed by atoms with Gasteiger partial charge in [-0.2, -0.15) is 0 Å². The summed E-state index contributed by atoms with van der Waals surface area (Å²) in [5, 5.41) is 5.24. The highest BCUT2D eigenvalue weighted by Crippen LogP contribution is 2.16. The van der Waals surface area contributed by atoms with E-state index in [1.807, 2.05) is 0 Å². The van der Waals surface area contributed by atoms with Crippen LogP contribution in [-0.4, -0.2) is 11.8 Å². The zero-order valence-corrected chi connectivity index (χ0v) is 13.1. The summed E-state index contributed by atoms with van der Waals surface area (Å²) in [5.41, 5.74) is -0.912. The number of hydrogen-bond donors (Lipinski definition) is 2. The Morgan fingerprint density at radius 2 is 1.70 bits per heavy atom. The van der Waals surface area contributed by atoms with Crippen molar-refractivity contribution in [3.05, 3.63) is 59.8 Å². The second-order valence-corrected chi connectivity index (χ2v) is 5.66. The van der Waals surface area contributed by atoms with Crippen LogP contribution in [0.15, 0.2) is 47.1 Å². The van der Waals surface area contributed by atoms with Crippen LogP contribution in [-0.2, 0) is 22.7 Å². The molecule has 0 aliphatic carbocycles. The molecule has 0 saturated heterocycles. The zero-order chi connectivity index (χ0) is 16.9. The molecular formula is C17H19FN2O3. The van der Waals surface area contributed by atoms with Crippen molar-refractivity contribution in [3.8, 4) is 0 Å². The number of hydrogen-bond acceptors (Lipinski definition) is 3. The van der Waals surface area contributed by atoms with E-state index in [1.165, 1.54) is 26.2 Å². The van der Waals surface area contributed by atoms with Crippen molar-refractivity contribution in [2.45, 2.75) is 26.9 Å². The Bertz CT molecular complexity index is 681. The van der Waals surface area contributed by atoms with Gasteiger partial charge in [-0.25, -0.2) is 4.39 Å². The normalized spacial score (nSPS) is 11.1. The highest BCUT2D eigenvalue weighted by Gasteiger charge is 2.35. The first-order valence-electron chi connectivity index (χ1n) is 7.23. The molecule has 0 fully saturated rings. The number of benzene rings is 1. The molecule has 0 unspecified atom stereocenters. The summed E-state index contributed by atoms with van der Waals surface area (Å²) >= 11 is 0. The predicted octanol–water partition coefficient (Wildman–Crippen LogP) is 2.38. The lowest BCUT2D eigenvalue weighted by Crippen LogP contribution is -2.47. The lowest BCUT2D eigenvalue weighted by Gasteiger charge is -2.22. The summed E-state index contributed by atoms with van der Waals surface area (Å²) in [7, 11) is 0. The summed E-state index contributed by atoms with van der Waals surface area (Å²) < 4.78 is 18.7. The van der Waals surface area contributed by atoms with Crippen molar-refractivity contribution in [1.82, 2.24) is 10.6 Å². The van der Waals surface area contributed by atoms with Crippen molar-refractivity contribution in [2.75, 3.05) is 0 Å². The van der Waals surface area contributed by atoms with E-state index in [0.717, 1.165) is 0 Å². The van der Waals surface area contributed by atoms with Crippen LogP contribution in [0.3, 0.4) is 0 Å². The van der Waals surface area contributed by atoms with Crippen molar-refractivity contribution < 1.29 is 18.4 Å². The topological polar surface area (TPSA) is 71.3 Å². The summed E-state index contributed by atoms with van der Waals surface area (Å²) in [4.78, 5) is 24.4. The smallest absolute Gasteiger partial charge is 0.235 e. The Labute approximate surface area is 133 Å². The fourth-order valence-electron chi connectivity index (χ4n) is 1.94. The van der Waals surface area contributed by atoms with Crippen LogP contribution in [0.5, 0.6) is 0 Å². The number of rotatable bonds is 6. The number of halogens is 1. The van der Waals surface area contributed by atoms with Gasteiger partial charge < -0.3 is 15.1 Å². The van der Waals surface area contributed by atoms with Crippen molar-refractivity contribution in [1.29, 1.82) is 0 Å². The Morgan fingerprint density at radius 1 is 1.04 bits per heavy atom. The maximum Gasteiger partial charge on any atom is 0.235 e. The second-order valence-electron chi connectivity index (χ2n) is 5.66. The van der Waals surface area contributed by atoms with Crippen molar-refractivity contribution in [3.63, 3.8) is 0 Å². The van der Waals surface area contributed by atoms with E-state index < -0.39 is 23.0 Å². The van der Waals surface area contributed by atoms with E-state index in [-0.39, 0.29) is 13.1 Å². The maximum atomic E-state index is 13.5. The predicted molar refractivity (Wildman–Crippen MR) is 82.6 cm³/mol. The Kier molecular flexibility index (Phi) is 5.16. The van der Waals surface area contributed by atoms with Crippen LogP contribution in [0.25, 0.3) is 0 Å². The van der Waals surface area contributed by atoms with Crippen LogP contribution in [0.2, 0.25) is 0 Å². The third-order valence-electron chi connectivity index (χ3n) is 3.54. The highest BCUT2D eigenvalue weighted by molar-refractivity contribution is 6.04. The van der Waals surface area contributed by atoms with Crippen LogP contribution >= 0.6 is 0 Å². The molecular weight excluding hydrogens is 299 g/mol. The fraction of sp³-hybridized carbons (Fsp3) is 0.294. The molecule has 2 aromatic rings. The van der Waals surface area contributed by atoms with Gasteiger partial charge in [-0.3, -0.25) is 9.59 Å². The molecule has 0 radical (unpaired) electrons. The van der Waals surface area contributed by atoms with Gasteiger partial charge in [0, 0.05) is 12.1 Å². The second kappa shape index (κ2) is 7.09. The largest absolute Gasteiger partial charge is 0.467 e. The average Bonchev–Trinajstić information content (AvgIpc) is 3.04. The molecule has 0 spiro atoms. The SMILES string of the molecule is CC(C)(C(=O)NCc1ccco1)C(=O)NCc1ccccc1F. The van der Waals surface area contributed by atoms with Gasteiger partial charge in [-0.15, -0.1) is 0 Å². The molecule has 1 aromatic carbocycles. The molecule has 5 nitrogen and oxygen atoms in total. The van der Waals surface area contributed by atoms with Crippen LogP contribution in [0.4, 0.5) is 4.39 Å². The molecule has 0 atom stereocenters. The summed E-state index contributed by atoms with van der Waals surface area (Å²) in [6, 6.07) is 9.61. The molecule has 2 amide bonds. The van der Waals surface area contributed by atoms with Crippen LogP contribution in [0, 0.1) is 11.2 Å². The van der Waals surface area contributed by atoms with Gasteiger partial charge in [0.05, 0.1) is 12.8 Å². The van der Waals surface area contributed by atoms with Gasteiger partial charge in [-0.1, -0.05) is 18.2 Å². The quantitative estimate of drug-likeness (QED) is 0.803. The summed E-state index contributed by atoms with van der Waals surface area (Å²) in [6.45, 7) is 3.26. The number of carbonyl (C=O) groups excluding carboxylic acids is 2. The molecule has 1 heterocycles. The third-order valence-corrected chi connectivity index (χ3v) is 3.54. The van der Waals surface area contributed by atoms with E-state index in [9.17, 15) is 14.0 Å². The van der Waals surface area contributed by atoms with Crippen molar-refractivity contribution >= 4 is 11.8 Å². The van der Waals surface area contributed by atoms with Gasteiger partial charge >= 0.3 is 0 Å². The van der Waals surface area contributed by atoms with Gasteiger partial charge in [0.2, 0.25) is 11.8 Å². The Balaban J connectivity index is 1.91. The molecule has 2 rings (SSSR count). The maximum absolute atomic E-state index is 13.5. The molecule has 0 aliphatic rings. The van der Waals surface area contributed by atoms with E-state index in [4.69, 9.17) is 4.42 Å². The van der Waals surface area contributed by atoms with E-state index in [1.54, 1.807) is 30.3 Å². The molecule has 0 bridgehead atoms. The molecule has 122 valence electrons. The van der Waals surface area contributed by atoms with E-state index >= 15 is 0 Å². The molecule has 23 heavy (non-hydrogen) atoms. The van der Waals surface area contributed by atoms with Gasteiger partial charge in [0.25, 0.3) is 0 Å². The highest BCUT2D eigenvalue weighted by atomic mass is 19.1. The van der Waals surface area contributed by atoms with Gasteiger partial charge in [0.1, 0.15) is 17.0 Å². The molecule has 0 saturated carbocycles. The number of carbonyl (C=O) groups is 2. The lowest BCUT2D eigenvalue weighted by molar-refractivity contribution is -0.141. The van der Waals surface area contributed by atoms with E-state index in [2.05, 4.69) is 10.6 Å². The summed E-state index contributed by atoms with van der Waals surface area (Å²) in [6.07, 6.45) is 1.51. The monoisotopic (exact) mass is 318 g/mol. The molecule has 1 aromatic heterocycles. The van der Waals surface area contributed by atoms with Gasteiger partial charge in [-0.05, 0) is 32.0 Å². The van der Waals surface area contributed by atoms with E-state index in [0.29, 0.717) is 11.3 Å². The third kappa shape index (κ3) is 4.18. The van der Waals surface area contributed by atoms with Crippen LogP contribution < -0.4 is 10.6 Å². The van der Waals surface area contributed by atoms with Crippen LogP contribution in [0.1, 0.15) is 25.2 Å². The minimum Gasteiger partial charge on any atom is -0.467 e.